The van der Waals surface area contributed by atoms with E-state index >= 15 is 0 Å². The molecule has 0 radical (unpaired) electrons. The Morgan fingerprint density at radius 3 is 2.24 bits per heavy atom. The third-order valence-corrected chi connectivity index (χ3v) is 5.61. The predicted molar refractivity (Wildman–Crippen MR) is 162 cm³/mol. The zero-order chi connectivity index (χ0) is 30.4. The molecular weight excluding hydrogens is 521 g/mol. The van der Waals surface area contributed by atoms with Crippen molar-refractivity contribution >= 4 is 17.6 Å². The maximum absolute atomic E-state index is 14.3. The van der Waals surface area contributed by atoms with Crippen molar-refractivity contribution in [1.29, 1.82) is 0 Å². The van der Waals surface area contributed by atoms with Crippen LogP contribution < -0.4 is 21.5 Å². The lowest BCUT2D eigenvalue weighted by Gasteiger charge is -2.09. The van der Waals surface area contributed by atoms with Gasteiger partial charge in [-0.3, -0.25) is 9.59 Å². The number of nitrogen functional groups attached to an aromatic ring is 1. The number of carbonyl (C=O) groups is 2. The minimum atomic E-state index is -0.775. The van der Waals surface area contributed by atoms with Crippen molar-refractivity contribution in [3.63, 3.8) is 0 Å². The molecule has 9 heteroatoms. The first-order valence-corrected chi connectivity index (χ1v) is 13.0. The summed E-state index contributed by atoms with van der Waals surface area (Å²) < 4.78 is 20.7. The highest BCUT2D eigenvalue weighted by Gasteiger charge is 2.23. The van der Waals surface area contributed by atoms with E-state index in [0.717, 1.165) is 10.2 Å². The maximum Gasteiger partial charge on any atom is 0.255 e. The van der Waals surface area contributed by atoms with Gasteiger partial charge in [0.25, 0.3) is 11.8 Å². The number of halogens is 1. The normalized spacial score (nSPS) is 10.1. The van der Waals surface area contributed by atoms with Crippen LogP contribution in [-0.2, 0) is 6.54 Å². The van der Waals surface area contributed by atoms with Gasteiger partial charge in [0.05, 0.1) is 12.7 Å². The first-order valence-electron chi connectivity index (χ1n) is 13.0. The summed E-state index contributed by atoms with van der Waals surface area (Å²) in [6.07, 6.45) is 5.58. The summed E-state index contributed by atoms with van der Waals surface area (Å²) >= 11 is 0. The summed E-state index contributed by atoms with van der Waals surface area (Å²) in [5, 5.41) is 7.21. The van der Waals surface area contributed by atoms with Gasteiger partial charge < -0.3 is 21.5 Å². The molecule has 0 saturated carbocycles. The summed E-state index contributed by atoms with van der Waals surface area (Å²) in [6.45, 7) is 9.69. The fourth-order valence-electron chi connectivity index (χ4n) is 3.71. The highest BCUT2D eigenvalue weighted by Crippen LogP contribution is 2.30. The van der Waals surface area contributed by atoms with Crippen LogP contribution in [0.1, 0.15) is 47.1 Å². The smallest absolute Gasteiger partial charge is 0.255 e. The Bertz CT molecular complexity index is 1490. The third-order valence-electron chi connectivity index (χ3n) is 5.61. The molecule has 0 spiro atoms. The number of amides is 2. The van der Waals surface area contributed by atoms with Crippen LogP contribution >= 0.6 is 0 Å². The molecule has 3 aromatic carbocycles. The number of nitrogens with zero attached hydrogens (tertiary/aromatic N) is 2. The molecule has 1 heterocycles. The average Bonchev–Trinajstić information content (AvgIpc) is 3.35. The lowest BCUT2D eigenvalue weighted by Crippen LogP contribution is -2.23. The standard InChI is InChI=1S/C25H22FN5O3.C5H8.C2H6/c1-34-20-9-5-2-6-17(20)25(33)29-14-15-10-12-16(13-11-15)22-21(24(28)32)23(27)31(30-22)19-8-4-3-7-18(19)26;1-3-5-4-2;1-2/h2-13H,14,27H2,1H3,(H2,28,32)(H,29,33);3-5H,1H2,2H3;1-2H3/b;5-4-;. The van der Waals surface area contributed by atoms with Crippen LogP contribution in [0.3, 0.4) is 0 Å². The lowest BCUT2D eigenvalue weighted by molar-refractivity contribution is 0.0946. The summed E-state index contributed by atoms with van der Waals surface area (Å²) in [5.74, 6) is -1.16. The van der Waals surface area contributed by atoms with Gasteiger partial charge in [-0.15, -0.1) is 0 Å². The molecule has 4 rings (SSSR count). The quantitative estimate of drug-likeness (QED) is 0.227. The first-order chi connectivity index (χ1) is 19.8. The molecule has 0 fully saturated rings. The maximum atomic E-state index is 14.3. The number of carbonyl (C=O) groups excluding carboxylic acids is 2. The van der Waals surface area contributed by atoms with E-state index in [1.807, 2.05) is 32.9 Å². The fourth-order valence-corrected chi connectivity index (χ4v) is 3.71. The monoisotopic (exact) mass is 557 g/mol. The van der Waals surface area contributed by atoms with Gasteiger partial charge in [-0.2, -0.15) is 5.10 Å². The number of anilines is 1. The van der Waals surface area contributed by atoms with Crippen molar-refractivity contribution in [2.45, 2.75) is 27.3 Å². The van der Waals surface area contributed by atoms with E-state index in [9.17, 15) is 14.0 Å². The first kappa shape index (κ1) is 32.0. The molecule has 0 aliphatic carbocycles. The SMILES string of the molecule is C=C/C=C\C.CC.COc1ccccc1C(=O)NCc1ccc(-c2nn(-c3ccccc3F)c(N)c2C(N)=O)cc1. The highest BCUT2D eigenvalue weighted by atomic mass is 19.1. The van der Waals surface area contributed by atoms with E-state index < -0.39 is 11.7 Å². The van der Waals surface area contributed by atoms with Crippen molar-refractivity contribution < 1.29 is 18.7 Å². The van der Waals surface area contributed by atoms with Gasteiger partial charge in [-0.25, -0.2) is 9.07 Å². The number of hydrogen-bond acceptors (Lipinski definition) is 5. The zero-order valence-corrected chi connectivity index (χ0v) is 23.7. The molecule has 2 amide bonds. The average molecular weight is 558 g/mol. The number of nitrogens with two attached hydrogens (primary N) is 2. The number of primary amides is 1. The Balaban J connectivity index is 0.000000759. The van der Waals surface area contributed by atoms with Gasteiger partial charge in [0.15, 0.2) is 0 Å². The molecule has 0 unspecified atom stereocenters. The van der Waals surface area contributed by atoms with Crippen molar-refractivity contribution in [1.82, 2.24) is 15.1 Å². The number of benzene rings is 3. The Kier molecular flexibility index (Phi) is 12.5. The van der Waals surface area contributed by atoms with Crippen LogP contribution in [-0.4, -0.2) is 28.7 Å². The number of hydrogen-bond donors (Lipinski definition) is 3. The van der Waals surface area contributed by atoms with Gasteiger partial charge in [-0.05, 0) is 36.8 Å². The van der Waals surface area contributed by atoms with Crippen molar-refractivity contribution in [2.24, 2.45) is 5.73 Å². The predicted octanol–water partition coefficient (Wildman–Crippen LogP) is 6.07. The molecule has 214 valence electrons. The van der Waals surface area contributed by atoms with Crippen LogP contribution in [0.4, 0.5) is 10.2 Å². The Labute approximate surface area is 240 Å². The number of allylic oxidation sites excluding steroid dienone is 3. The van der Waals surface area contributed by atoms with E-state index in [1.54, 1.807) is 66.7 Å². The number of nitrogens with one attached hydrogen (secondary N) is 1. The largest absolute Gasteiger partial charge is 0.496 e. The molecule has 0 saturated heterocycles. The van der Waals surface area contributed by atoms with Crippen LogP contribution in [0.25, 0.3) is 16.9 Å². The van der Waals surface area contributed by atoms with Gasteiger partial charge in [-0.1, -0.05) is 87.2 Å². The Hall–Kier alpha value is -5.18. The lowest BCUT2D eigenvalue weighted by atomic mass is 10.0. The molecule has 0 atom stereocenters. The van der Waals surface area contributed by atoms with Gasteiger partial charge in [0.1, 0.15) is 34.3 Å². The highest BCUT2D eigenvalue weighted by molar-refractivity contribution is 6.03. The van der Waals surface area contributed by atoms with Crippen molar-refractivity contribution in [3.8, 4) is 22.7 Å². The Morgan fingerprint density at radius 2 is 1.68 bits per heavy atom. The van der Waals surface area contributed by atoms with Gasteiger partial charge in [0.2, 0.25) is 0 Å². The number of aromatic nitrogens is 2. The molecule has 5 N–H and O–H groups in total. The third kappa shape index (κ3) is 8.15. The molecule has 0 bridgehead atoms. The van der Waals surface area contributed by atoms with E-state index in [0.29, 0.717) is 16.9 Å². The Morgan fingerprint density at radius 1 is 1.05 bits per heavy atom. The summed E-state index contributed by atoms with van der Waals surface area (Å²) in [6, 6.07) is 19.9. The number of para-hydroxylation sites is 2. The minimum Gasteiger partial charge on any atom is -0.496 e. The summed E-state index contributed by atoms with van der Waals surface area (Å²) in [5.41, 5.74) is 13.8. The molecular formula is C32H36FN5O3. The zero-order valence-electron chi connectivity index (χ0n) is 23.7. The second-order valence-electron chi connectivity index (χ2n) is 8.18. The molecule has 4 aromatic rings. The second kappa shape index (κ2) is 16.0. The molecule has 41 heavy (non-hydrogen) atoms. The number of rotatable bonds is 8. The van der Waals surface area contributed by atoms with Crippen LogP contribution in [0.2, 0.25) is 0 Å². The van der Waals surface area contributed by atoms with E-state index in [-0.39, 0.29) is 35.2 Å². The van der Waals surface area contributed by atoms with Crippen molar-refractivity contribution in [3.05, 3.63) is 120 Å². The van der Waals surface area contributed by atoms with Crippen LogP contribution in [0.15, 0.2) is 97.6 Å². The molecule has 1 aromatic heterocycles. The van der Waals surface area contributed by atoms with E-state index in [4.69, 9.17) is 16.2 Å². The number of methoxy groups -OCH3 is 1. The van der Waals surface area contributed by atoms with Crippen LogP contribution in [0.5, 0.6) is 5.75 Å². The summed E-state index contributed by atoms with van der Waals surface area (Å²) in [7, 11) is 1.51. The van der Waals surface area contributed by atoms with Crippen molar-refractivity contribution in [2.75, 3.05) is 12.8 Å². The molecule has 0 aliphatic rings. The van der Waals surface area contributed by atoms with Gasteiger partial charge in [0, 0.05) is 12.1 Å². The second-order valence-corrected chi connectivity index (χ2v) is 8.18. The summed E-state index contributed by atoms with van der Waals surface area (Å²) in [4.78, 5) is 24.6. The van der Waals surface area contributed by atoms with E-state index in [1.165, 1.54) is 19.2 Å². The molecule has 8 nitrogen and oxygen atoms in total. The number of ether oxygens (including phenoxy) is 1. The van der Waals surface area contributed by atoms with Gasteiger partial charge >= 0.3 is 0 Å². The topological polar surface area (TPSA) is 125 Å². The molecule has 0 aliphatic heterocycles. The minimum absolute atomic E-state index is 0.000443. The fraction of sp³-hybridized carbons (Fsp3) is 0.156. The van der Waals surface area contributed by atoms with E-state index in [2.05, 4.69) is 17.0 Å². The van der Waals surface area contributed by atoms with Crippen LogP contribution in [0, 0.1) is 5.82 Å².